The molecule has 0 aliphatic rings. The topological polar surface area (TPSA) is 47.6 Å². The maximum absolute atomic E-state index is 12.3. The van der Waals surface area contributed by atoms with Gasteiger partial charge in [0, 0.05) is 16.6 Å². The molecule has 24 heavy (non-hydrogen) atoms. The summed E-state index contributed by atoms with van der Waals surface area (Å²) in [6.45, 7) is 4.46. The Labute approximate surface area is 151 Å². The second-order valence-electron chi connectivity index (χ2n) is 5.63. The molecule has 0 unspecified atom stereocenters. The van der Waals surface area contributed by atoms with Gasteiger partial charge in [0.1, 0.15) is 0 Å². The van der Waals surface area contributed by atoms with Gasteiger partial charge in [0.15, 0.2) is 11.5 Å². The van der Waals surface area contributed by atoms with Crippen LogP contribution in [0.2, 0.25) is 0 Å². The predicted molar refractivity (Wildman–Crippen MR) is 98.9 cm³/mol. The number of amides is 1. The molecule has 1 N–H and O–H groups in total. The summed E-state index contributed by atoms with van der Waals surface area (Å²) in [4.78, 5) is 12.3. The van der Waals surface area contributed by atoms with Crippen LogP contribution in [0.5, 0.6) is 11.5 Å². The first-order chi connectivity index (χ1) is 11.5. The van der Waals surface area contributed by atoms with Gasteiger partial charge >= 0.3 is 0 Å². The minimum absolute atomic E-state index is 0.0443. The SMILES string of the molecule is COc1cc(C(=O)NCCc2ccccc2Br)ccc1OC(C)C. The van der Waals surface area contributed by atoms with Gasteiger partial charge in [-0.05, 0) is 50.1 Å². The second-order valence-corrected chi connectivity index (χ2v) is 6.48. The lowest BCUT2D eigenvalue weighted by Gasteiger charge is -2.14. The van der Waals surface area contributed by atoms with Crippen LogP contribution in [0.3, 0.4) is 0 Å². The van der Waals surface area contributed by atoms with Gasteiger partial charge in [0.25, 0.3) is 5.91 Å². The van der Waals surface area contributed by atoms with Crippen molar-refractivity contribution in [1.29, 1.82) is 0 Å². The summed E-state index contributed by atoms with van der Waals surface area (Å²) in [7, 11) is 1.57. The average molecular weight is 392 g/mol. The van der Waals surface area contributed by atoms with Gasteiger partial charge in [-0.25, -0.2) is 0 Å². The molecule has 0 fully saturated rings. The number of ether oxygens (including phenoxy) is 2. The lowest BCUT2D eigenvalue weighted by atomic mass is 10.1. The van der Waals surface area contributed by atoms with E-state index in [1.54, 1.807) is 25.3 Å². The van der Waals surface area contributed by atoms with Crippen molar-refractivity contribution in [2.24, 2.45) is 0 Å². The van der Waals surface area contributed by atoms with Gasteiger partial charge in [-0.3, -0.25) is 4.79 Å². The minimum atomic E-state index is -0.128. The predicted octanol–water partition coefficient (Wildman–Crippen LogP) is 4.22. The van der Waals surface area contributed by atoms with Crippen molar-refractivity contribution in [3.05, 3.63) is 58.1 Å². The zero-order valence-corrected chi connectivity index (χ0v) is 15.7. The largest absolute Gasteiger partial charge is 0.493 e. The molecule has 0 heterocycles. The molecule has 0 aliphatic carbocycles. The average Bonchev–Trinajstić information content (AvgIpc) is 2.56. The fraction of sp³-hybridized carbons (Fsp3) is 0.316. The molecular formula is C19H22BrNO3. The highest BCUT2D eigenvalue weighted by atomic mass is 79.9. The van der Waals surface area contributed by atoms with E-state index >= 15 is 0 Å². The molecule has 0 spiro atoms. The molecular weight excluding hydrogens is 370 g/mol. The number of nitrogens with one attached hydrogen (secondary N) is 1. The van der Waals surface area contributed by atoms with Gasteiger partial charge in [0.05, 0.1) is 13.2 Å². The van der Waals surface area contributed by atoms with Crippen LogP contribution in [0, 0.1) is 0 Å². The molecule has 0 aliphatic heterocycles. The quantitative estimate of drug-likeness (QED) is 0.768. The molecule has 0 atom stereocenters. The van der Waals surface area contributed by atoms with E-state index < -0.39 is 0 Å². The van der Waals surface area contributed by atoms with Crippen molar-refractivity contribution in [2.75, 3.05) is 13.7 Å². The molecule has 0 aromatic heterocycles. The first-order valence-electron chi connectivity index (χ1n) is 7.87. The third-order valence-electron chi connectivity index (χ3n) is 3.43. The van der Waals surface area contributed by atoms with Crippen molar-refractivity contribution in [3.8, 4) is 11.5 Å². The van der Waals surface area contributed by atoms with Gasteiger partial charge in [0.2, 0.25) is 0 Å². The first kappa shape index (κ1) is 18.3. The van der Waals surface area contributed by atoms with E-state index in [2.05, 4.69) is 21.2 Å². The van der Waals surface area contributed by atoms with Crippen LogP contribution in [0.1, 0.15) is 29.8 Å². The van der Waals surface area contributed by atoms with Gasteiger partial charge in [-0.1, -0.05) is 34.1 Å². The molecule has 0 radical (unpaired) electrons. The van der Waals surface area contributed by atoms with Crippen LogP contribution in [0.4, 0.5) is 0 Å². The van der Waals surface area contributed by atoms with E-state index in [4.69, 9.17) is 9.47 Å². The van der Waals surface area contributed by atoms with Crippen LogP contribution in [-0.4, -0.2) is 25.7 Å². The molecule has 2 aromatic carbocycles. The number of hydrogen-bond donors (Lipinski definition) is 1. The third kappa shape index (κ3) is 4.99. The minimum Gasteiger partial charge on any atom is -0.493 e. The van der Waals surface area contributed by atoms with E-state index in [0.29, 0.717) is 23.6 Å². The second kappa shape index (κ2) is 8.73. The zero-order valence-electron chi connectivity index (χ0n) is 14.1. The van der Waals surface area contributed by atoms with Gasteiger partial charge in [-0.15, -0.1) is 0 Å². The van der Waals surface area contributed by atoms with Crippen LogP contribution < -0.4 is 14.8 Å². The van der Waals surface area contributed by atoms with Crippen molar-refractivity contribution < 1.29 is 14.3 Å². The fourth-order valence-electron chi connectivity index (χ4n) is 2.27. The highest BCUT2D eigenvalue weighted by molar-refractivity contribution is 9.10. The molecule has 0 saturated carbocycles. The summed E-state index contributed by atoms with van der Waals surface area (Å²) < 4.78 is 12.0. The van der Waals surface area contributed by atoms with E-state index in [1.807, 2.05) is 38.1 Å². The van der Waals surface area contributed by atoms with Crippen molar-refractivity contribution >= 4 is 21.8 Å². The molecule has 4 nitrogen and oxygen atoms in total. The zero-order chi connectivity index (χ0) is 17.5. The molecule has 1 amide bonds. The fourth-order valence-corrected chi connectivity index (χ4v) is 2.76. The smallest absolute Gasteiger partial charge is 0.251 e. The number of carbonyl (C=O) groups excluding carboxylic acids is 1. The Morgan fingerprint density at radius 3 is 2.58 bits per heavy atom. The number of methoxy groups -OCH3 is 1. The van der Waals surface area contributed by atoms with E-state index in [1.165, 1.54) is 0 Å². The Balaban J connectivity index is 1.98. The Morgan fingerprint density at radius 1 is 1.17 bits per heavy atom. The number of rotatable bonds is 7. The summed E-state index contributed by atoms with van der Waals surface area (Å²) in [6, 6.07) is 13.2. The molecule has 2 rings (SSSR count). The summed E-state index contributed by atoms with van der Waals surface area (Å²) in [5, 5.41) is 2.93. The molecule has 0 bridgehead atoms. The number of halogens is 1. The van der Waals surface area contributed by atoms with E-state index in [-0.39, 0.29) is 12.0 Å². The summed E-state index contributed by atoms with van der Waals surface area (Å²) in [5.74, 6) is 1.07. The lowest BCUT2D eigenvalue weighted by molar-refractivity contribution is 0.0953. The van der Waals surface area contributed by atoms with Gasteiger partial charge < -0.3 is 14.8 Å². The molecule has 2 aromatic rings. The van der Waals surface area contributed by atoms with E-state index in [9.17, 15) is 4.79 Å². The summed E-state index contributed by atoms with van der Waals surface area (Å²) in [6.07, 6.45) is 0.807. The molecule has 128 valence electrons. The first-order valence-corrected chi connectivity index (χ1v) is 8.67. The summed E-state index contributed by atoms with van der Waals surface area (Å²) in [5.41, 5.74) is 1.71. The van der Waals surface area contributed by atoms with Crippen LogP contribution in [-0.2, 0) is 6.42 Å². The van der Waals surface area contributed by atoms with E-state index in [0.717, 1.165) is 16.5 Å². The molecule has 5 heteroatoms. The Hall–Kier alpha value is -2.01. The lowest BCUT2D eigenvalue weighted by Crippen LogP contribution is -2.25. The maximum Gasteiger partial charge on any atom is 0.251 e. The molecule has 0 saturated heterocycles. The highest BCUT2D eigenvalue weighted by Crippen LogP contribution is 2.29. The van der Waals surface area contributed by atoms with Crippen LogP contribution >= 0.6 is 15.9 Å². The van der Waals surface area contributed by atoms with Crippen LogP contribution in [0.25, 0.3) is 0 Å². The number of carbonyl (C=O) groups is 1. The Kier molecular flexibility index (Phi) is 6.67. The maximum atomic E-state index is 12.3. The summed E-state index contributed by atoms with van der Waals surface area (Å²) >= 11 is 3.51. The van der Waals surface area contributed by atoms with Crippen molar-refractivity contribution in [3.63, 3.8) is 0 Å². The standard InChI is InChI=1S/C19H22BrNO3/c1-13(2)24-17-9-8-15(12-18(17)23-3)19(22)21-11-10-14-6-4-5-7-16(14)20/h4-9,12-13H,10-11H2,1-3H3,(H,21,22). The van der Waals surface area contributed by atoms with Crippen LogP contribution in [0.15, 0.2) is 46.9 Å². The normalized spacial score (nSPS) is 10.5. The Bertz CT molecular complexity index is 701. The number of hydrogen-bond acceptors (Lipinski definition) is 3. The monoisotopic (exact) mass is 391 g/mol. The Morgan fingerprint density at radius 2 is 1.92 bits per heavy atom. The number of benzene rings is 2. The highest BCUT2D eigenvalue weighted by Gasteiger charge is 2.12. The van der Waals surface area contributed by atoms with Crippen molar-refractivity contribution in [1.82, 2.24) is 5.32 Å². The third-order valence-corrected chi connectivity index (χ3v) is 4.20. The van der Waals surface area contributed by atoms with Crippen molar-refractivity contribution in [2.45, 2.75) is 26.4 Å². The van der Waals surface area contributed by atoms with Gasteiger partial charge in [-0.2, -0.15) is 0 Å².